The molecule has 0 N–H and O–H groups in total. The first kappa shape index (κ1) is 18.6. The molecule has 1 atom stereocenters. The second-order valence-corrected chi connectivity index (χ2v) is 7.27. The summed E-state index contributed by atoms with van der Waals surface area (Å²) in [6, 6.07) is 0.614. The van der Waals surface area contributed by atoms with Gasteiger partial charge in [0.05, 0.1) is 12.5 Å². The van der Waals surface area contributed by atoms with Crippen molar-refractivity contribution >= 4 is 11.8 Å². The number of methoxy groups -OCH3 is 1. The number of ether oxygens (including phenoxy) is 2. The summed E-state index contributed by atoms with van der Waals surface area (Å²) < 4.78 is 10.5. The summed E-state index contributed by atoms with van der Waals surface area (Å²) in [6.45, 7) is 6.88. The van der Waals surface area contributed by atoms with Crippen LogP contribution in [-0.4, -0.2) is 98.8 Å². The number of rotatable bonds is 5. The Morgan fingerprint density at radius 2 is 1.88 bits per heavy atom. The Morgan fingerprint density at radius 3 is 2.56 bits per heavy atom. The molecule has 7 heteroatoms. The molecule has 3 aliphatic rings. The van der Waals surface area contributed by atoms with E-state index in [1.807, 2.05) is 4.90 Å². The third-order valence-corrected chi connectivity index (χ3v) is 5.75. The molecule has 0 aromatic carbocycles. The zero-order chi connectivity index (χ0) is 17.6. The van der Waals surface area contributed by atoms with E-state index in [4.69, 9.17) is 9.47 Å². The minimum atomic E-state index is -0.0517. The lowest BCUT2D eigenvalue weighted by atomic mass is 9.95. The smallest absolute Gasteiger partial charge is 0.227 e. The van der Waals surface area contributed by atoms with E-state index in [1.165, 1.54) is 0 Å². The third-order valence-electron chi connectivity index (χ3n) is 5.75. The van der Waals surface area contributed by atoms with Crippen molar-refractivity contribution in [1.82, 2.24) is 14.7 Å². The van der Waals surface area contributed by atoms with E-state index >= 15 is 0 Å². The number of amides is 2. The van der Waals surface area contributed by atoms with E-state index in [9.17, 15) is 9.59 Å². The number of hydrogen-bond acceptors (Lipinski definition) is 5. The van der Waals surface area contributed by atoms with E-state index in [0.29, 0.717) is 38.6 Å². The summed E-state index contributed by atoms with van der Waals surface area (Å²) in [7, 11) is 1.63. The van der Waals surface area contributed by atoms with Gasteiger partial charge >= 0.3 is 0 Å². The highest BCUT2D eigenvalue weighted by molar-refractivity contribution is 5.84. The first-order valence-corrected chi connectivity index (χ1v) is 9.56. The maximum absolute atomic E-state index is 12.9. The number of carbonyl (C=O) groups excluding carboxylic acids is 2. The van der Waals surface area contributed by atoms with Crippen LogP contribution in [0.4, 0.5) is 0 Å². The summed E-state index contributed by atoms with van der Waals surface area (Å²) >= 11 is 0. The average Bonchev–Trinajstić information content (AvgIpc) is 2.67. The SMILES string of the molecule is COCCN1CC(C(=O)N2CCN(C3CCOCC3)CC2)CCC1=O. The highest BCUT2D eigenvalue weighted by Gasteiger charge is 2.34. The highest BCUT2D eigenvalue weighted by Crippen LogP contribution is 2.22. The van der Waals surface area contributed by atoms with Crippen molar-refractivity contribution in [3.05, 3.63) is 0 Å². The molecule has 3 fully saturated rings. The van der Waals surface area contributed by atoms with Crippen molar-refractivity contribution in [3.63, 3.8) is 0 Å². The van der Waals surface area contributed by atoms with Crippen LogP contribution in [0, 0.1) is 5.92 Å². The summed E-state index contributed by atoms with van der Waals surface area (Å²) in [5.41, 5.74) is 0. The van der Waals surface area contributed by atoms with Gasteiger partial charge in [0.25, 0.3) is 0 Å². The van der Waals surface area contributed by atoms with Crippen LogP contribution in [0.1, 0.15) is 25.7 Å². The Balaban J connectivity index is 1.47. The fourth-order valence-corrected chi connectivity index (χ4v) is 4.15. The number of carbonyl (C=O) groups is 2. The molecule has 0 saturated carbocycles. The lowest BCUT2D eigenvalue weighted by molar-refractivity contribution is -0.145. The molecule has 3 saturated heterocycles. The lowest BCUT2D eigenvalue weighted by Crippen LogP contribution is -2.55. The maximum Gasteiger partial charge on any atom is 0.227 e. The second-order valence-electron chi connectivity index (χ2n) is 7.27. The van der Waals surface area contributed by atoms with Crippen molar-refractivity contribution < 1.29 is 19.1 Å². The molecule has 0 aliphatic carbocycles. The molecule has 0 aromatic heterocycles. The Labute approximate surface area is 150 Å². The van der Waals surface area contributed by atoms with E-state index in [-0.39, 0.29) is 17.7 Å². The summed E-state index contributed by atoms with van der Waals surface area (Å²) in [5.74, 6) is 0.316. The van der Waals surface area contributed by atoms with Gasteiger partial charge in [-0.2, -0.15) is 0 Å². The van der Waals surface area contributed by atoms with Gasteiger partial charge in [-0.05, 0) is 19.3 Å². The Hall–Kier alpha value is -1.18. The summed E-state index contributed by atoms with van der Waals surface area (Å²) in [6.07, 6.45) is 3.36. The van der Waals surface area contributed by atoms with Crippen molar-refractivity contribution in [2.24, 2.45) is 5.92 Å². The molecule has 0 spiro atoms. The number of piperazine rings is 1. The molecule has 0 aromatic rings. The van der Waals surface area contributed by atoms with Gasteiger partial charge in [-0.3, -0.25) is 14.5 Å². The van der Waals surface area contributed by atoms with E-state index in [2.05, 4.69) is 4.90 Å². The molecular formula is C18H31N3O4. The van der Waals surface area contributed by atoms with Crippen LogP contribution in [0.5, 0.6) is 0 Å². The second kappa shape index (κ2) is 8.96. The number of likely N-dealkylation sites (tertiary alicyclic amines) is 1. The fraction of sp³-hybridized carbons (Fsp3) is 0.889. The van der Waals surface area contributed by atoms with Gasteiger partial charge in [0.2, 0.25) is 11.8 Å². The largest absolute Gasteiger partial charge is 0.383 e. The monoisotopic (exact) mass is 353 g/mol. The molecule has 3 aliphatic heterocycles. The van der Waals surface area contributed by atoms with Gasteiger partial charge in [0.15, 0.2) is 0 Å². The predicted molar refractivity (Wildman–Crippen MR) is 93.2 cm³/mol. The highest BCUT2D eigenvalue weighted by atomic mass is 16.5. The topological polar surface area (TPSA) is 62.3 Å². The summed E-state index contributed by atoms with van der Waals surface area (Å²) in [4.78, 5) is 31.2. The molecule has 0 radical (unpaired) electrons. The van der Waals surface area contributed by atoms with Crippen LogP contribution in [-0.2, 0) is 19.1 Å². The van der Waals surface area contributed by atoms with Crippen molar-refractivity contribution in [2.75, 3.05) is 66.2 Å². The molecule has 1 unspecified atom stereocenters. The van der Waals surface area contributed by atoms with Crippen LogP contribution in [0.3, 0.4) is 0 Å². The van der Waals surface area contributed by atoms with Gasteiger partial charge in [-0.1, -0.05) is 0 Å². The number of piperidine rings is 1. The minimum absolute atomic E-state index is 0.0517. The van der Waals surface area contributed by atoms with Crippen molar-refractivity contribution in [2.45, 2.75) is 31.7 Å². The first-order chi connectivity index (χ1) is 12.2. The van der Waals surface area contributed by atoms with Crippen LogP contribution >= 0.6 is 0 Å². The minimum Gasteiger partial charge on any atom is -0.383 e. The van der Waals surface area contributed by atoms with Gasteiger partial charge in [0, 0.05) is 72.1 Å². The van der Waals surface area contributed by atoms with Gasteiger partial charge in [-0.15, -0.1) is 0 Å². The zero-order valence-electron chi connectivity index (χ0n) is 15.3. The quantitative estimate of drug-likeness (QED) is 0.706. The van der Waals surface area contributed by atoms with Crippen LogP contribution in [0.2, 0.25) is 0 Å². The molecule has 25 heavy (non-hydrogen) atoms. The van der Waals surface area contributed by atoms with E-state index < -0.39 is 0 Å². The predicted octanol–water partition coefficient (Wildman–Crippen LogP) is 0.195. The third kappa shape index (κ3) is 4.71. The molecule has 2 amide bonds. The number of hydrogen-bond donors (Lipinski definition) is 0. The van der Waals surface area contributed by atoms with Crippen molar-refractivity contribution in [3.8, 4) is 0 Å². The Bertz CT molecular complexity index is 459. The Morgan fingerprint density at radius 1 is 1.16 bits per heavy atom. The number of nitrogens with zero attached hydrogens (tertiary/aromatic N) is 3. The van der Waals surface area contributed by atoms with E-state index in [0.717, 1.165) is 52.2 Å². The molecule has 3 rings (SSSR count). The molecular weight excluding hydrogens is 322 g/mol. The normalized spacial score (nSPS) is 26.9. The van der Waals surface area contributed by atoms with Gasteiger partial charge in [-0.25, -0.2) is 0 Å². The molecule has 142 valence electrons. The van der Waals surface area contributed by atoms with Crippen LogP contribution < -0.4 is 0 Å². The molecule has 0 bridgehead atoms. The van der Waals surface area contributed by atoms with Crippen molar-refractivity contribution in [1.29, 1.82) is 0 Å². The molecule has 7 nitrogen and oxygen atoms in total. The summed E-state index contributed by atoms with van der Waals surface area (Å²) in [5, 5.41) is 0. The first-order valence-electron chi connectivity index (χ1n) is 9.56. The van der Waals surface area contributed by atoms with Gasteiger partial charge in [0.1, 0.15) is 0 Å². The maximum atomic E-state index is 12.9. The zero-order valence-corrected chi connectivity index (χ0v) is 15.3. The van der Waals surface area contributed by atoms with Crippen LogP contribution in [0.15, 0.2) is 0 Å². The standard InChI is InChI=1S/C18H31N3O4/c1-24-13-10-21-14-15(2-3-17(21)22)18(23)20-8-6-19(7-9-20)16-4-11-25-12-5-16/h15-16H,2-14H2,1H3. The van der Waals surface area contributed by atoms with Gasteiger partial charge < -0.3 is 19.3 Å². The fourth-order valence-electron chi connectivity index (χ4n) is 4.15. The Kier molecular flexibility index (Phi) is 6.67. The van der Waals surface area contributed by atoms with E-state index in [1.54, 1.807) is 12.0 Å². The molecule has 3 heterocycles. The van der Waals surface area contributed by atoms with Crippen LogP contribution in [0.25, 0.3) is 0 Å². The lowest BCUT2D eigenvalue weighted by Gasteiger charge is -2.42. The average molecular weight is 353 g/mol.